The lowest BCUT2D eigenvalue weighted by Gasteiger charge is -2.28. The van der Waals surface area contributed by atoms with Gasteiger partial charge in [0.1, 0.15) is 11.6 Å². The minimum Gasteiger partial charge on any atom is -0.355 e. The lowest BCUT2D eigenvalue weighted by Crippen LogP contribution is -2.25. The molecular formula is C33H28Cl2FN5. The number of halogens is 3. The predicted octanol–water partition coefficient (Wildman–Crippen LogP) is 8.62. The summed E-state index contributed by atoms with van der Waals surface area (Å²) in [6, 6.07) is 32.2. The van der Waals surface area contributed by atoms with Crippen molar-refractivity contribution in [3.05, 3.63) is 141 Å². The van der Waals surface area contributed by atoms with Crippen molar-refractivity contribution in [1.82, 2.24) is 9.78 Å². The SMILES string of the molecule is Cc1nn(-c2ccccc2)c(N(C)Cc2ccccc2)c1C1CC(c2ccc(F)cc2)=NN1c1cc(Cl)cc(Cl)c1. The number of nitrogens with zero attached hydrogens (tertiary/aromatic N) is 5. The molecule has 1 aromatic heterocycles. The summed E-state index contributed by atoms with van der Waals surface area (Å²) in [4.78, 5) is 2.23. The standard InChI is InChI=1S/C33H28Cl2FN5/c1-22-32(33(39(2)21-23-9-5-3-6-10-23)41(37-22)28-11-7-4-8-12-28)31-20-30(24-13-15-27(36)16-14-24)38-40(31)29-18-25(34)17-26(35)19-29/h3-19,31H,20-21H2,1-2H3. The predicted molar refractivity (Wildman–Crippen MR) is 166 cm³/mol. The fourth-order valence-corrected chi connectivity index (χ4v) is 5.94. The average Bonchev–Trinajstić information content (AvgIpc) is 3.55. The maximum Gasteiger partial charge on any atom is 0.138 e. The van der Waals surface area contributed by atoms with Crippen LogP contribution >= 0.6 is 23.2 Å². The van der Waals surface area contributed by atoms with Crippen LogP contribution in [-0.4, -0.2) is 22.5 Å². The number of hydrogen-bond acceptors (Lipinski definition) is 4. The van der Waals surface area contributed by atoms with E-state index in [4.69, 9.17) is 33.4 Å². The van der Waals surface area contributed by atoms with Crippen LogP contribution in [-0.2, 0) is 6.54 Å². The van der Waals surface area contributed by atoms with Crippen molar-refractivity contribution >= 4 is 40.4 Å². The molecule has 0 radical (unpaired) electrons. The Morgan fingerprint density at radius 2 is 1.49 bits per heavy atom. The summed E-state index contributed by atoms with van der Waals surface area (Å²) in [7, 11) is 2.09. The van der Waals surface area contributed by atoms with Crippen LogP contribution in [0.1, 0.15) is 34.8 Å². The van der Waals surface area contributed by atoms with Gasteiger partial charge in [-0.05, 0) is 60.5 Å². The minimum absolute atomic E-state index is 0.213. The number of rotatable bonds is 7. The molecule has 0 saturated carbocycles. The fourth-order valence-electron chi connectivity index (χ4n) is 5.43. The first-order chi connectivity index (χ1) is 19.9. The second kappa shape index (κ2) is 11.4. The second-order valence-electron chi connectivity index (χ2n) is 10.2. The summed E-state index contributed by atoms with van der Waals surface area (Å²) in [6.45, 7) is 2.72. The van der Waals surface area contributed by atoms with Gasteiger partial charge >= 0.3 is 0 Å². The number of hydrogen-bond donors (Lipinski definition) is 0. The highest BCUT2D eigenvalue weighted by Gasteiger charge is 2.36. The second-order valence-corrected chi connectivity index (χ2v) is 11.0. The number of aryl methyl sites for hydroxylation is 1. The largest absolute Gasteiger partial charge is 0.355 e. The van der Waals surface area contributed by atoms with E-state index in [0.717, 1.165) is 39.7 Å². The Morgan fingerprint density at radius 3 is 2.15 bits per heavy atom. The van der Waals surface area contributed by atoms with E-state index in [0.29, 0.717) is 23.0 Å². The summed E-state index contributed by atoms with van der Waals surface area (Å²) in [5, 5.41) is 13.1. The first-order valence-corrected chi connectivity index (χ1v) is 14.1. The molecule has 0 bridgehead atoms. The molecule has 6 rings (SSSR count). The van der Waals surface area contributed by atoms with Crippen LogP contribution in [0.2, 0.25) is 10.0 Å². The molecule has 206 valence electrons. The van der Waals surface area contributed by atoms with Crippen molar-refractivity contribution in [2.45, 2.75) is 25.9 Å². The third kappa shape index (κ3) is 5.58. The van der Waals surface area contributed by atoms with Gasteiger partial charge in [0.15, 0.2) is 0 Å². The summed E-state index contributed by atoms with van der Waals surface area (Å²) >= 11 is 12.9. The van der Waals surface area contributed by atoms with Crippen LogP contribution < -0.4 is 9.91 Å². The molecule has 0 N–H and O–H groups in total. The molecule has 0 fully saturated rings. The minimum atomic E-state index is -0.285. The molecule has 5 aromatic rings. The summed E-state index contributed by atoms with van der Waals surface area (Å²) in [5.41, 5.74) is 6.56. The lowest BCUT2D eigenvalue weighted by atomic mass is 9.97. The molecule has 1 atom stereocenters. The maximum atomic E-state index is 13.8. The van der Waals surface area contributed by atoms with E-state index in [1.165, 1.54) is 17.7 Å². The molecule has 0 saturated heterocycles. The maximum absolute atomic E-state index is 13.8. The van der Waals surface area contributed by atoms with Gasteiger partial charge in [-0.15, -0.1) is 0 Å². The van der Waals surface area contributed by atoms with E-state index in [2.05, 4.69) is 36.2 Å². The Hall–Kier alpha value is -4.13. The topological polar surface area (TPSA) is 36.7 Å². The van der Waals surface area contributed by atoms with Gasteiger partial charge in [-0.2, -0.15) is 10.2 Å². The molecule has 1 aliphatic heterocycles. The van der Waals surface area contributed by atoms with Gasteiger partial charge in [-0.1, -0.05) is 83.9 Å². The highest BCUT2D eigenvalue weighted by Crippen LogP contribution is 2.44. The number of hydrazone groups is 1. The first-order valence-electron chi connectivity index (χ1n) is 13.4. The monoisotopic (exact) mass is 583 g/mol. The van der Waals surface area contributed by atoms with Crippen molar-refractivity contribution in [3.8, 4) is 5.69 Å². The quantitative estimate of drug-likeness (QED) is 0.192. The van der Waals surface area contributed by atoms with Crippen LogP contribution in [0.5, 0.6) is 0 Å². The zero-order valence-electron chi connectivity index (χ0n) is 22.7. The van der Waals surface area contributed by atoms with Gasteiger partial charge in [-0.3, -0.25) is 5.01 Å². The molecule has 0 spiro atoms. The van der Waals surface area contributed by atoms with Crippen LogP contribution in [0.4, 0.5) is 15.9 Å². The number of para-hydroxylation sites is 1. The van der Waals surface area contributed by atoms with E-state index in [1.54, 1.807) is 18.2 Å². The van der Waals surface area contributed by atoms with E-state index in [1.807, 2.05) is 65.1 Å². The molecule has 0 aliphatic carbocycles. The van der Waals surface area contributed by atoms with Gasteiger partial charge < -0.3 is 4.90 Å². The summed E-state index contributed by atoms with van der Waals surface area (Å²) in [5.74, 6) is 0.684. The highest BCUT2D eigenvalue weighted by molar-refractivity contribution is 6.35. The van der Waals surface area contributed by atoms with Gasteiger partial charge in [0.2, 0.25) is 0 Å². The van der Waals surface area contributed by atoms with Crippen molar-refractivity contribution in [2.24, 2.45) is 5.10 Å². The van der Waals surface area contributed by atoms with Gasteiger partial charge in [0.05, 0.1) is 28.8 Å². The Balaban J connectivity index is 1.51. The van der Waals surface area contributed by atoms with E-state index < -0.39 is 0 Å². The molecule has 1 aliphatic rings. The van der Waals surface area contributed by atoms with Crippen LogP contribution in [0.3, 0.4) is 0 Å². The van der Waals surface area contributed by atoms with Crippen molar-refractivity contribution in [2.75, 3.05) is 17.0 Å². The average molecular weight is 585 g/mol. The Morgan fingerprint density at radius 1 is 0.854 bits per heavy atom. The smallest absolute Gasteiger partial charge is 0.138 e. The summed E-state index contributed by atoms with van der Waals surface area (Å²) < 4.78 is 15.8. The normalized spacial score (nSPS) is 14.8. The Labute approximate surface area is 249 Å². The third-order valence-corrected chi connectivity index (χ3v) is 7.68. The van der Waals surface area contributed by atoms with Crippen molar-refractivity contribution < 1.29 is 4.39 Å². The van der Waals surface area contributed by atoms with E-state index in [-0.39, 0.29) is 11.9 Å². The molecule has 2 heterocycles. The van der Waals surface area contributed by atoms with Crippen LogP contribution in [0.15, 0.2) is 108 Å². The molecule has 0 amide bonds. The van der Waals surface area contributed by atoms with Gasteiger partial charge in [0.25, 0.3) is 0 Å². The number of benzene rings is 4. The molecule has 1 unspecified atom stereocenters. The van der Waals surface area contributed by atoms with Crippen molar-refractivity contribution in [3.63, 3.8) is 0 Å². The summed E-state index contributed by atoms with van der Waals surface area (Å²) in [6.07, 6.45) is 0.587. The van der Waals surface area contributed by atoms with Gasteiger partial charge in [-0.25, -0.2) is 9.07 Å². The zero-order chi connectivity index (χ0) is 28.5. The third-order valence-electron chi connectivity index (χ3n) is 7.24. The van der Waals surface area contributed by atoms with E-state index in [9.17, 15) is 4.39 Å². The zero-order valence-corrected chi connectivity index (χ0v) is 24.2. The number of aromatic nitrogens is 2. The Kier molecular flexibility index (Phi) is 7.52. The fraction of sp³-hybridized carbons (Fsp3) is 0.152. The van der Waals surface area contributed by atoms with Crippen LogP contribution in [0.25, 0.3) is 5.69 Å². The van der Waals surface area contributed by atoms with E-state index >= 15 is 0 Å². The Bertz CT molecular complexity index is 1680. The van der Waals surface area contributed by atoms with Crippen molar-refractivity contribution in [1.29, 1.82) is 0 Å². The van der Waals surface area contributed by atoms with Gasteiger partial charge in [0, 0.05) is 35.6 Å². The lowest BCUT2D eigenvalue weighted by molar-refractivity contribution is 0.627. The molecule has 41 heavy (non-hydrogen) atoms. The molecular weight excluding hydrogens is 556 g/mol. The highest BCUT2D eigenvalue weighted by atomic mass is 35.5. The molecule has 4 aromatic carbocycles. The molecule has 8 heteroatoms. The molecule has 5 nitrogen and oxygen atoms in total. The number of anilines is 2. The first kappa shape index (κ1) is 27.1. The van der Waals surface area contributed by atoms with Crippen LogP contribution in [0, 0.1) is 12.7 Å².